The molecule has 0 aromatic heterocycles. The van der Waals surface area contributed by atoms with Crippen molar-refractivity contribution in [2.45, 2.75) is 52.0 Å². The maximum absolute atomic E-state index is 4.86. The molecule has 17 heavy (non-hydrogen) atoms. The summed E-state index contributed by atoms with van der Waals surface area (Å²) in [5, 5.41) is 2.64. The lowest BCUT2D eigenvalue weighted by atomic mass is 9.61. The predicted octanol–water partition coefficient (Wildman–Crippen LogP) is 4.50. The molecule has 1 nitrogen and oxygen atoms in total. The van der Waals surface area contributed by atoms with Crippen LogP contribution in [-0.4, -0.2) is 11.2 Å². The molecule has 0 radical (unpaired) electrons. The summed E-state index contributed by atoms with van der Waals surface area (Å²) < 4.78 is 0. The summed E-state index contributed by atoms with van der Waals surface area (Å²) in [7, 11) is 0. The first-order valence-electron chi connectivity index (χ1n) is 6.89. The Kier molecular flexibility index (Phi) is 4.17. The highest BCUT2D eigenvalue weighted by molar-refractivity contribution is 7.78. The molecule has 0 spiro atoms. The minimum absolute atomic E-state index is 0.360. The number of hydrogen-bond acceptors (Lipinski definition) is 2. The van der Waals surface area contributed by atoms with Crippen LogP contribution in [0.15, 0.2) is 17.1 Å². The Morgan fingerprint density at radius 3 is 2.76 bits per heavy atom. The molecule has 0 aliphatic heterocycles. The van der Waals surface area contributed by atoms with Crippen LogP contribution in [0.25, 0.3) is 0 Å². The van der Waals surface area contributed by atoms with Crippen LogP contribution >= 0.6 is 12.2 Å². The van der Waals surface area contributed by atoms with Crippen LogP contribution in [0.3, 0.4) is 0 Å². The van der Waals surface area contributed by atoms with Crippen molar-refractivity contribution in [1.82, 2.24) is 0 Å². The third-order valence-electron chi connectivity index (χ3n) is 4.79. The number of rotatable bonds is 2. The van der Waals surface area contributed by atoms with Gasteiger partial charge in [-0.1, -0.05) is 26.0 Å². The average molecular weight is 249 g/mol. The van der Waals surface area contributed by atoms with E-state index >= 15 is 0 Å². The van der Waals surface area contributed by atoms with Gasteiger partial charge in [0.2, 0.25) is 0 Å². The normalized spacial score (nSPS) is 37.5. The molecule has 0 amide bonds. The molecule has 2 rings (SSSR count). The van der Waals surface area contributed by atoms with Crippen molar-refractivity contribution in [2.75, 3.05) is 0 Å². The molecule has 0 bridgehead atoms. The molecule has 4 unspecified atom stereocenters. The maximum Gasteiger partial charge on any atom is 0.0701 e. The maximum atomic E-state index is 4.86. The van der Waals surface area contributed by atoms with Gasteiger partial charge in [-0.15, -0.1) is 0 Å². The number of thiocarbonyl (C=S) groups is 1. The van der Waals surface area contributed by atoms with Gasteiger partial charge in [0.1, 0.15) is 0 Å². The molecule has 0 heterocycles. The number of isothiocyanates is 1. The van der Waals surface area contributed by atoms with Crippen LogP contribution in [0.2, 0.25) is 0 Å². The van der Waals surface area contributed by atoms with Crippen LogP contribution in [0, 0.1) is 23.7 Å². The van der Waals surface area contributed by atoms with Crippen molar-refractivity contribution < 1.29 is 0 Å². The highest BCUT2D eigenvalue weighted by Gasteiger charge is 2.42. The number of fused-ring (bicyclic) bond motifs is 1. The van der Waals surface area contributed by atoms with Crippen LogP contribution in [-0.2, 0) is 0 Å². The van der Waals surface area contributed by atoms with Gasteiger partial charge in [-0.25, -0.2) is 4.99 Å². The summed E-state index contributed by atoms with van der Waals surface area (Å²) in [4.78, 5) is 4.53. The van der Waals surface area contributed by atoms with E-state index in [0.29, 0.717) is 23.8 Å². The van der Waals surface area contributed by atoms with Crippen LogP contribution < -0.4 is 0 Å². The zero-order valence-corrected chi connectivity index (χ0v) is 11.8. The first-order chi connectivity index (χ1) is 8.15. The smallest absolute Gasteiger partial charge is 0.0701 e. The molecule has 0 N–H and O–H groups in total. The highest BCUT2D eigenvalue weighted by Crippen LogP contribution is 2.47. The molecular formula is C15H23NS. The molecule has 2 heteroatoms. The van der Waals surface area contributed by atoms with E-state index in [9.17, 15) is 0 Å². The zero-order chi connectivity index (χ0) is 12.4. The second-order valence-electron chi connectivity index (χ2n) is 6.03. The van der Waals surface area contributed by atoms with Gasteiger partial charge >= 0.3 is 0 Å². The predicted molar refractivity (Wildman–Crippen MR) is 76.3 cm³/mol. The molecule has 94 valence electrons. The number of nitrogens with zero attached hydrogens (tertiary/aromatic N) is 1. The lowest BCUT2D eigenvalue weighted by molar-refractivity contribution is 0.117. The van der Waals surface area contributed by atoms with Gasteiger partial charge in [-0.3, -0.25) is 0 Å². The SMILES string of the molecule is C=C1CCCC2CCC(C(C)C)C(N=C=S)C12. The minimum Gasteiger partial charge on any atom is -0.228 e. The van der Waals surface area contributed by atoms with Crippen molar-refractivity contribution in [3.05, 3.63) is 12.2 Å². The standard InChI is InChI=1S/C15H23NS/c1-10(2)13-8-7-12-6-4-5-11(3)14(12)15(13)16-9-17/h10,12-15H,3-8H2,1-2H3. The van der Waals surface area contributed by atoms with E-state index < -0.39 is 0 Å². The van der Waals surface area contributed by atoms with E-state index in [2.05, 4.69) is 30.6 Å². The fourth-order valence-corrected chi connectivity index (χ4v) is 4.05. The largest absolute Gasteiger partial charge is 0.228 e. The second-order valence-corrected chi connectivity index (χ2v) is 6.22. The van der Waals surface area contributed by atoms with E-state index in [0.717, 1.165) is 5.92 Å². The second kappa shape index (κ2) is 5.46. The van der Waals surface area contributed by atoms with Crippen molar-refractivity contribution in [3.8, 4) is 0 Å². The fraction of sp³-hybridized carbons (Fsp3) is 0.800. The molecule has 0 saturated heterocycles. The van der Waals surface area contributed by atoms with Crippen LogP contribution in [0.1, 0.15) is 46.0 Å². The lowest BCUT2D eigenvalue weighted by Crippen LogP contribution is -2.42. The third-order valence-corrected chi connectivity index (χ3v) is 4.89. The Labute approximate surface area is 110 Å². The van der Waals surface area contributed by atoms with Crippen LogP contribution in [0.5, 0.6) is 0 Å². The lowest BCUT2D eigenvalue weighted by Gasteiger charge is -2.45. The topological polar surface area (TPSA) is 12.4 Å². The Morgan fingerprint density at radius 2 is 2.12 bits per heavy atom. The van der Waals surface area contributed by atoms with Gasteiger partial charge in [0.05, 0.1) is 11.2 Å². The van der Waals surface area contributed by atoms with Gasteiger partial charge in [0, 0.05) is 5.92 Å². The fourth-order valence-electron chi connectivity index (χ4n) is 3.92. The molecule has 2 saturated carbocycles. The van der Waals surface area contributed by atoms with Crippen molar-refractivity contribution in [1.29, 1.82) is 0 Å². The highest BCUT2D eigenvalue weighted by atomic mass is 32.1. The molecule has 2 fully saturated rings. The quantitative estimate of drug-likeness (QED) is 0.399. The Hall–Kier alpha value is -0.460. The minimum atomic E-state index is 0.360. The van der Waals surface area contributed by atoms with E-state index in [1.807, 2.05) is 0 Å². The van der Waals surface area contributed by atoms with E-state index in [1.54, 1.807) is 0 Å². The van der Waals surface area contributed by atoms with Gasteiger partial charge in [0.15, 0.2) is 0 Å². The monoisotopic (exact) mass is 249 g/mol. The van der Waals surface area contributed by atoms with Crippen molar-refractivity contribution >= 4 is 17.4 Å². The van der Waals surface area contributed by atoms with E-state index in [1.165, 1.54) is 37.7 Å². The molecular weight excluding hydrogens is 226 g/mol. The molecule has 0 aromatic carbocycles. The van der Waals surface area contributed by atoms with Gasteiger partial charge in [-0.05, 0) is 62.1 Å². The van der Waals surface area contributed by atoms with Crippen LogP contribution in [0.4, 0.5) is 0 Å². The van der Waals surface area contributed by atoms with Crippen molar-refractivity contribution in [2.24, 2.45) is 28.7 Å². The summed E-state index contributed by atoms with van der Waals surface area (Å²) >= 11 is 4.86. The Balaban J connectivity index is 2.27. The van der Waals surface area contributed by atoms with Gasteiger partial charge < -0.3 is 0 Å². The molecule has 4 atom stereocenters. The van der Waals surface area contributed by atoms with E-state index in [-0.39, 0.29) is 0 Å². The first-order valence-corrected chi connectivity index (χ1v) is 7.30. The Bertz CT molecular complexity index is 341. The molecule has 2 aliphatic carbocycles. The third kappa shape index (κ3) is 2.53. The van der Waals surface area contributed by atoms with Gasteiger partial charge in [-0.2, -0.15) is 0 Å². The zero-order valence-electron chi connectivity index (χ0n) is 11.0. The first kappa shape index (κ1) is 13.0. The summed E-state index contributed by atoms with van der Waals surface area (Å²) in [5.74, 6) is 2.74. The van der Waals surface area contributed by atoms with Crippen molar-refractivity contribution in [3.63, 3.8) is 0 Å². The number of aliphatic imine (C=N–C) groups is 1. The summed E-state index contributed by atoms with van der Waals surface area (Å²) in [5.41, 5.74) is 1.42. The number of hydrogen-bond donors (Lipinski definition) is 0. The Morgan fingerprint density at radius 1 is 1.35 bits per heavy atom. The van der Waals surface area contributed by atoms with Gasteiger partial charge in [0.25, 0.3) is 0 Å². The summed E-state index contributed by atoms with van der Waals surface area (Å²) in [6.07, 6.45) is 6.53. The molecule has 2 aliphatic rings. The summed E-state index contributed by atoms with van der Waals surface area (Å²) in [6, 6.07) is 0.360. The summed E-state index contributed by atoms with van der Waals surface area (Å²) in [6.45, 7) is 8.92. The average Bonchev–Trinajstić information content (AvgIpc) is 2.29. The van der Waals surface area contributed by atoms with E-state index in [4.69, 9.17) is 12.2 Å². The molecule has 0 aromatic rings.